The molecule has 25 heavy (non-hydrogen) atoms. The topological polar surface area (TPSA) is 69.0 Å². The molecular weight excluding hydrogens is 316 g/mol. The van der Waals surface area contributed by atoms with Crippen LogP contribution in [0.25, 0.3) is 5.69 Å². The standard InChI is InChI=1S/C19H20N4O2/c1-14-6-8-16(9-7-14)23-13-18(21-22-23)19(24)20-11-10-15-4-3-5-17(12-15)25-2/h3-9,12-13H,10-11H2,1-2H3,(H,20,24). The molecule has 1 aromatic heterocycles. The molecule has 0 aliphatic rings. The van der Waals surface area contributed by atoms with E-state index in [2.05, 4.69) is 15.6 Å². The van der Waals surface area contributed by atoms with Gasteiger partial charge in [-0.15, -0.1) is 5.10 Å². The van der Waals surface area contributed by atoms with E-state index in [-0.39, 0.29) is 5.91 Å². The number of rotatable bonds is 6. The number of aryl methyl sites for hydroxylation is 1. The number of nitrogens with one attached hydrogen (secondary N) is 1. The lowest BCUT2D eigenvalue weighted by atomic mass is 10.1. The molecule has 1 N–H and O–H groups in total. The Morgan fingerprint density at radius 3 is 2.76 bits per heavy atom. The molecular formula is C19H20N4O2. The number of aromatic nitrogens is 3. The van der Waals surface area contributed by atoms with Gasteiger partial charge in [0.1, 0.15) is 5.75 Å². The minimum atomic E-state index is -0.235. The van der Waals surface area contributed by atoms with E-state index >= 15 is 0 Å². The van der Waals surface area contributed by atoms with Gasteiger partial charge in [-0.25, -0.2) is 4.68 Å². The lowest BCUT2D eigenvalue weighted by Crippen LogP contribution is -2.26. The Labute approximate surface area is 146 Å². The fraction of sp³-hybridized carbons (Fsp3) is 0.211. The molecule has 0 unspecified atom stereocenters. The van der Waals surface area contributed by atoms with E-state index in [0.29, 0.717) is 12.2 Å². The number of carbonyl (C=O) groups excluding carboxylic acids is 1. The second-order valence-electron chi connectivity index (χ2n) is 5.74. The molecule has 0 fully saturated rings. The van der Waals surface area contributed by atoms with E-state index in [9.17, 15) is 4.79 Å². The van der Waals surface area contributed by atoms with Crippen molar-refractivity contribution in [1.29, 1.82) is 0 Å². The maximum atomic E-state index is 12.2. The third-order valence-corrected chi connectivity index (χ3v) is 3.86. The van der Waals surface area contributed by atoms with Crippen molar-refractivity contribution in [2.45, 2.75) is 13.3 Å². The molecule has 0 bridgehead atoms. The number of methoxy groups -OCH3 is 1. The summed E-state index contributed by atoms with van der Waals surface area (Å²) >= 11 is 0. The Morgan fingerprint density at radius 1 is 1.20 bits per heavy atom. The van der Waals surface area contributed by atoms with Crippen molar-refractivity contribution in [2.24, 2.45) is 0 Å². The van der Waals surface area contributed by atoms with Crippen LogP contribution in [0.5, 0.6) is 5.75 Å². The average molecular weight is 336 g/mol. The minimum absolute atomic E-state index is 0.235. The first-order valence-electron chi connectivity index (χ1n) is 8.06. The van der Waals surface area contributed by atoms with E-state index in [1.165, 1.54) is 5.56 Å². The summed E-state index contributed by atoms with van der Waals surface area (Å²) in [5.41, 5.74) is 3.43. The van der Waals surface area contributed by atoms with Crippen LogP contribution >= 0.6 is 0 Å². The Balaban J connectivity index is 1.57. The van der Waals surface area contributed by atoms with Crippen molar-refractivity contribution in [3.8, 4) is 11.4 Å². The molecule has 1 amide bonds. The summed E-state index contributed by atoms with van der Waals surface area (Å²) in [7, 11) is 1.64. The third kappa shape index (κ3) is 4.23. The first kappa shape index (κ1) is 16.7. The molecule has 3 aromatic rings. The Morgan fingerprint density at radius 2 is 2.00 bits per heavy atom. The largest absolute Gasteiger partial charge is 0.497 e. The summed E-state index contributed by atoms with van der Waals surface area (Å²) in [5.74, 6) is 0.575. The molecule has 0 saturated heterocycles. The zero-order valence-corrected chi connectivity index (χ0v) is 14.3. The maximum absolute atomic E-state index is 12.2. The molecule has 0 aliphatic carbocycles. The maximum Gasteiger partial charge on any atom is 0.273 e. The smallest absolute Gasteiger partial charge is 0.273 e. The predicted molar refractivity (Wildman–Crippen MR) is 95.1 cm³/mol. The molecule has 0 radical (unpaired) electrons. The Kier molecular flexibility index (Phi) is 5.09. The molecule has 1 heterocycles. The Bertz CT molecular complexity index is 856. The fourth-order valence-electron chi connectivity index (χ4n) is 2.43. The van der Waals surface area contributed by atoms with Crippen molar-refractivity contribution in [3.05, 3.63) is 71.5 Å². The molecule has 0 atom stereocenters. The highest BCUT2D eigenvalue weighted by molar-refractivity contribution is 5.91. The van der Waals surface area contributed by atoms with Crippen LogP contribution < -0.4 is 10.1 Å². The molecule has 2 aromatic carbocycles. The van der Waals surface area contributed by atoms with Crippen molar-refractivity contribution in [2.75, 3.05) is 13.7 Å². The van der Waals surface area contributed by atoms with Crippen molar-refractivity contribution in [1.82, 2.24) is 20.3 Å². The summed E-state index contributed by atoms with van der Waals surface area (Å²) in [6.07, 6.45) is 2.35. The number of amides is 1. The number of ether oxygens (including phenoxy) is 1. The second kappa shape index (κ2) is 7.61. The molecule has 3 rings (SSSR count). The van der Waals surface area contributed by atoms with Gasteiger partial charge in [-0.3, -0.25) is 4.79 Å². The lowest BCUT2D eigenvalue weighted by molar-refractivity contribution is 0.0949. The molecule has 0 spiro atoms. The molecule has 6 nitrogen and oxygen atoms in total. The summed E-state index contributed by atoms with van der Waals surface area (Å²) in [5, 5.41) is 10.8. The first-order valence-corrected chi connectivity index (χ1v) is 8.06. The van der Waals surface area contributed by atoms with E-state index < -0.39 is 0 Å². The summed E-state index contributed by atoms with van der Waals surface area (Å²) < 4.78 is 6.79. The van der Waals surface area contributed by atoms with E-state index in [1.54, 1.807) is 18.0 Å². The fourth-order valence-corrected chi connectivity index (χ4v) is 2.43. The van der Waals surface area contributed by atoms with E-state index in [4.69, 9.17) is 4.74 Å². The van der Waals surface area contributed by atoms with Gasteiger partial charge in [0.05, 0.1) is 19.0 Å². The van der Waals surface area contributed by atoms with E-state index in [1.807, 2.05) is 55.5 Å². The van der Waals surface area contributed by atoms with Gasteiger partial charge in [0.2, 0.25) is 0 Å². The van der Waals surface area contributed by atoms with Gasteiger partial charge in [-0.1, -0.05) is 35.0 Å². The van der Waals surface area contributed by atoms with Crippen molar-refractivity contribution < 1.29 is 9.53 Å². The highest BCUT2D eigenvalue weighted by Crippen LogP contribution is 2.12. The second-order valence-corrected chi connectivity index (χ2v) is 5.74. The number of carbonyl (C=O) groups is 1. The van der Waals surface area contributed by atoms with Gasteiger partial charge < -0.3 is 10.1 Å². The number of benzene rings is 2. The number of hydrogen-bond acceptors (Lipinski definition) is 4. The zero-order chi connectivity index (χ0) is 17.6. The summed E-state index contributed by atoms with van der Waals surface area (Å²) in [4.78, 5) is 12.2. The quantitative estimate of drug-likeness (QED) is 0.751. The van der Waals surface area contributed by atoms with Gasteiger partial charge in [0.25, 0.3) is 5.91 Å². The molecule has 0 saturated carbocycles. The first-order chi connectivity index (χ1) is 12.2. The van der Waals surface area contributed by atoms with Crippen LogP contribution in [0.3, 0.4) is 0 Å². The predicted octanol–water partition coefficient (Wildman–Crippen LogP) is 2.56. The van der Waals surface area contributed by atoms with Crippen LogP contribution in [0.15, 0.2) is 54.7 Å². The van der Waals surface area contributed by atoms with Crippen LogP contribution in [0.4, 0.5) is 0 Å². The summed E-state index contributed by atoms with van der Waals surface area (Å²) in [6.45, 7) is 2.54. The van der Waals surface area contributed by atoms with Gasteiger partial charge >= 0.3 is 0 Å². The number of hydrogen-bond donors (Lipinski definition) is 1. The van der Waals surface area contributed by atoms with Gasteiger partial charge in [-0.2, -0.15) is 0 Å². The van der Waals surface area contributed by atoms with E-state index in [0.717, 1.165) is 23.4 Å². The summed E-state index contributed by atoms with van der Waals surface area (Å²) in [6, 6.07) is 15.6. The van der Waals surface area contributed by atoms with Gasteiger partial charge in [-0.05, 0) is 43.2 Å². The van der Waals surface area contributed by atoms with Gasteiger partial charge in [0.15, 0.2) is 5.69 Å². The van der Waals surface area contributed by atoms with Crippen LogP contribution in [-0.2, 0) is 6.42 Å². The monoisotopic (exact) mass is 336 g/mol. The van der Waals surface area contributed by atoms with Crippen molar-refractivity contribution >= 4 is 5.91 Å². The lowest BCUT2D eigenvalue weighted by Gasteiger charge is -2.05. The van der Waals surface area contributed by atoms with Crippen LogP contribution in [0, 0.1) is 6.92 Å². The third-order valence-electron chi connectivity index (χ3n) is 3.86. The van der Waals surface area contributed by atoms with Gasteiger partial charge in [0, 0.05) is 6.54 Å². The van der Waals surface area contributed by atoms with Crippen LogP contribution in [0.1, 0.15) is 21.6 Å². The number of nitrogens with zero attached hydrogens (tertiary/aromatic N) is 3. The highest BCUT2D eigenvalue weighted by Gasteiger charge is 2.11. The Hall–Kier alpha value is -3.15. The average Bonchev–Trinajstić information content (AvgIpc) is 3.12. The normalized spacial score (nSPS) is 10.5. The van der Waals surface area contributed by atoms with Crippen LogP contribution in [0.2, 0.25) is 0 Å². The minimum Gasteiger partial charge on any atom is -0.497 e. The van der Waals surface area contributed by atoms with Crippen molar-refractivity contribution in [3.63, 3.8) is 0 Å². The molecule has 6 heteroatoms. The highest BCUT2D eigenvalue weighted by atomic mass is 16.5. The van der Waals surface area contributed by atoms with Crippen LogP contribution in [-0.4, -0.2) is 34.6 Å². The molecule has 0 aliphatic heterocycles. The molecule has 128 valence electrons. The zero-order valence-electron chi connectivity index (χ0n) is 14.3. The SMILES string of the molecule is COc1cccc(CCNC(=O)c2cn(-c3ccc(C)cc3)nn2)c1.